The Labute approximate surface area is 71.2 Å². The van der Waals surface area contributed by atoms with Gasteiger partial charge in [0.05, 0.1) is 0 Å². The summed E-state index contributed by atoms with van der Waals surface area (Å²) in [6.45, 7) is 6.03. The van der Waals surface area contributed by atoms with Crippen LogP contribution in [0.4, 0.5) is 0 Å². The Kier molecular flexibility index (Phi) is 4.88. The Morgan fingerprint density at radius 2 is 2.00 bits per heavy atom. The molecule has 0 aliphatic heterocycles. The van der Waals surface area contributed by atoms with Gasteiger partial charge in [0.25, 0.3) is 0 Å². The predicted octanol–water partition coefficient (Wildman–Crippen LogP) is 1.15. The molecule has 3 atom stereocenters. The third-order valence-corrected chi connectivity index (χ3v) is 3.08. The minimum absolute atomic E-state index is 0.0957. The quantitative estimate of drug-likeness (QED) is 0.606. The van der Waals surface area contributed by atoms with Gasteiger partial charge in [0.1, 0.15) is 0 Å². The first kappa shape index (κ1) is 11.1. The minimum atomic E-state index is -2.08. The molecule has 0 aromatic rings. The van der Waals surface area contributed by atoms with Gasteiger partial charge in [-0.25, -0.2) is 4.31 Å². The monoisotopic (exact) mass is 178 g/mol. The molecule has 0 aliphatic rings. The van der Waals surface area contributed by atoms with Gasteiger partial charge in [-0.2, -0.15) is 0 Å². The average Bonchev–Trinajstić information content (AvgIpc) is 2.00. The molecule has 0 aromatic carbocycles. The predicted molar refractivity (Wildman–Crippen MR) is 45.6 cm³/mol. The molecule has 4 heteroatoms. The van der Waals surface area contributed by atoms with Crippen molar-refractivity contribution in [3.8, 4) is 0 Å². The SMILES string of the molecule is CCC(C)C(C)N(C)S(=O)[O-]. The van der Waals surface area contributed by atoms with E-state index in [0.717, 1.165) is 6.42 Å². The zero-order chi connectivity index (χ0) is 9.02. The summed E-state index contributed by atoms with van der Waals surface area (Å²) >= 11 is -2.08. The largest absolute Gasteiger partial charge is 0.760 e. The van der Waals surface area contributed by atoms with Crippen molar-refractivity contribution in [2.24, 2.45) is 5.92 Å². The Hall–Kier alpha value is 0.0700. The summed E-state index contributed by atoms with van der Waals surface area (Å²) in [6, 6.07) is 0.0957. The summed E-state index contributed by atoms with van der Waals surface area (Å²) in [6.07, 6.45) is 1.00. The highest BCUT2D eigenvalue weighted by atomic mass is 32.2. The number of hydrogen-bond acceptors (Lipinski definition) is 2. The van der Waals surface area contributed by atoms with Crippen molar-refractivity contribution in [3.05, 3.63) is 0 Å². The van der Waals surface area contributed by atoms with Crippen LogP contribution < -0.4 is 0 Å². The lowest BCUT2D eigenvalue weighted by molar-refractivity contribution is 0.286. The fourth-order valence-electron chi connectivity index (χ4n) is 0.835. The van der Waals surface area contributed by atoms with E-state index >= 15 is 0 Å². The third kappa shape index (κ3) is 3.31. The molecule has 0 fully saturated rings. The van der Waals surface area contributed by atoms with Gasteiger partial charge < -0.3 is 4.55 Å². The maximum atomic E-state index is 10.5. The van der Waals surface area contributed by atoms with E-state index in [4.69, 9.17) is 0 Å². The van der Waals surface area contributed by atoms with E-state index in [1.54, 1.807) is 7.05 Å². The van der Waals surface area contributed by atoms with Crippen LogP contribution in [0.25, 0.3) is 0 Å². The standard InChI is InChI=1S/C7H17NO2S/c1-5-6(2)7(3)8(4)11(9)10/h6-7H,5H2,1-4H3,(H,9,10)/p-1. The second kappa shape index (κ2) is 4.85. The van der Waals surface area contributed by atoms with Gasteiger partial charge in [-0.15, -0.1) is 0 Å². The zero-order valence-corrected chi connectivity index (χ0v) is 8.35. The normalized spacial score (nSPS) is 19.8. The number of nitrogens with zero attached hydrogens (tertiary/aromatic N) is 1. The number of rotatable bonds is 4. The van der Waals surface area contributed by atoms with E-state index in [-0.39, 0.29) is 6.04 Å². The molecule has 0 spiro atoms. The lowest BCUT2D eigenvalue weighted by Gasteiger charge is -2.30. The van der Waals surface area contributed by atoms with Gasteiger partial charge in [-0.1, -0.05) is 20.3 Å². The maximum absolute atomic E-state index is 10.5. The maximum Gasteiger partial charge on any atom is 0.0209 e. The van der Waals surface area contributed by atoms with Crippen LogP contribution >= 0.6 is 0 Å². The van der Waals surface area contributed by atoms with Gasteiger partial charge in [0.2, 0.25) is 0 Å². The van der Waals surface area contributed by atoms with Crippen molar-refractivity contribution in [2.45, 2.75) is 33.2 Å². The molecule has 0 amide bonds. The van der Waals surface area contributed by atoms with Crippen LogP contribution in [0.1, 0.15) is 27.2 Å². The van der Waals surface area contributed by atoms with Gasteiger partial charge in [0, 0.05) is 17.3 Å². The van der Waals surface area contributed by atoms with Gasteiger partial charge in [0.15, 0.2) is 0 Å². The van der Waals surface area contributed by atoms with Crippen LogP contribution in [0.2, 0.25) is 0 Å². The minimum Gasteiger partial charge on any atom is -0.760 e. The summed E-state index contributed by atoms with van der Waals surface area (Å²) in [5, 5.41) is 0. The molecular formula is C7H16NO2S-. The zero-order valence-electron chi connectivity index (χ0n) is 7.53. The Balaban J connectivity index is 4.00. The molecule has 0 bridgehead atoms. The van der Waals surface area contributed by atoms with Crippen LogP contribution in [-0.2, 0) is 11.3 Å². The molecule has 0 saturated heterocycles. The molecule has 0 aromatic heterocycles. The van der Waals surface area contributed by atoms with Crippen molar-refractivity contribution >= 4 is 11.3 Å². The second-order valence-electron chi connectivity index (χ2n) is 2.89. The molecule has 3 nitrogen and oxygen atoms in total. The summed E-state index contributed by atoms with van der Waals surface area (Å²) < 4.78 is 22.3. The molecule has 0 heterocycles. The molecule has 0 radical (unpaired) electrons. The first-order valence-electron chi connectivity index (χ1n) is 3.82. The first-order valence-corrected chi connectivity index (χ1v) is 4.86. The van der Waals surface area contributed by atoms with Crippen molar-refractivity contribution in [1.29, 1.82) is 0 Å². The molecule has 0 rings (SSSR count). The Morgan fingerprint density at radius 1 is 1.55 bits per heavy atom. The fraction of sp³-hybridized carbons (Fsp3) is 1.00. The van der Waals surface area contributed by atoms with E-state index in [2.05, 4.69) is 6.92 Å². The Bertz CT molecular complexity index is 140. The lowest BCUT2D eigenvalue weighted by Crippen LogP contribution is -2.35. The topological polar surface area (TPSA) is 43.4 Å². The average molecular weight is 178 g/mol. The summed E-state index contributed by atoms with van der Waals surface area (Å²) in [5.74, 6) is 0.415. The molecule has 0 saturated carbocycles. The highest BCUT2D eigenvalue weighted by Crippen LogP contribution is 2.12. The van der Waals surface area contributed by atoms with Crippen LogP contribution in [0.5, 0.6) is 0 Å². The second-order valence-corrected chi connectivity index (χ2v) is 3.90. The third-order valence-electron chi connectivity index (χ3n) is 2.28. The van der Waals surface area contributed by atoms with E-state index in [9.17, 15) is 8.76 Å². The van der Waals surface area contributed by atoms with Gasteiger partial charge in [-0.05, 0) is 19.9 Å². The van der Waals surface area contributed by atoms with E-state index < -0.39 is 11.3 Å². The summed E-state index contributed by atoms with van der Waals surface area (Å²) in [7, 11) is 1.60. The molecule has 68 valence electrons. The Morgan fingerprint density at radius 3 is 2.27 bits per heavy atom. The van der Waals surface area contributed by atoms with E-state index in [0.29, 0.717) is 5.92 Å². The highest BCUT2D eigenvalue weighted by molar-refractivity contribution is 7.76. The molecule has 3 unspecified atom stereocenters. The van der Waals surface area contributed by atoms with Crippen LogP contribution in [0, 0.1) is 5.92 Å². The van der Waals surface area contributed by atoms with Crippen molar-refractivity contribution in [1.82, 2.24) is 4.31 Å². The lowest BCUT2D eigenvalue weighted by atomic mass is 10.0. The smallest absolute Gasteiger partial charge is 0.0209 e. The van der Waals surface area contributed by atoms with Crippen LogP contribution in [0.15, 0.2) is 0 Å². The van der Waals surface area contributed by atoms with Gasteiger partial charge in [-0.3, -0.25) is 4.21 Å². The fourth-order valence-corrected chi connectivity index (χ4v) is 1.31. The van der Waals surface area contributed by atoms with Crippen molar-refractivity contribution < 1.29 is 8.76 Å². The van der Waals surface area contributed by atoms with Crippen molar-refractivity contribution in [2.75, 3.05) is 7.05 Å². The van der Waals surface area contributed by atoms with Crippen LogP contribution in [0.3, 0.4) is 0 Å². The summed E-state index contributed by atoms with van der Waals surface area (Å²) in [4.78, 5) is 0. The van der Waals surface area contributed by atoms with Gasteiger partial charge >= 0.3 is 0 Å². The van der Waals surface area contributed by atoms with Crippen molar-refractivity contribution in [3.63, 3.8) is 0 Å². The first-order chi connectivity index (χ1) is 5.00. The van der Waals surface area contributed by atoms with Crippen LogP contribution in [-0.4, -0.2) is 26.2 Å². The molecular weight excluding hydrogens is 162 g/mol. The van der Waals surface area contributed by atoms with E-state index in [1.807, 2.05) is 13.8 Å². The molecule has 0 aliphatic carbocycles. The van der Waals surface area contributed by atoms with E-state index in [1.165, 1.54) is 4.31 Å². The molecule has 0 N–H and O–H groups in total. The summed E-state index contributed by atoms with van der Waals surface area (Å²) in [5.41, 5.74) is 0. The molecule has 11 heavy (non-hydrogen) atoms. The highest BCUT2D eigenvalue weighted by Gasteiger charge is 2.15. The number of hydrogen-bond donors (Lipinski definition) is 0.